The first kappa shape index (κ1) is 29.7. The van der Waals surface area contributed by atoms with Crippen LogP contribution in [0.15, 0.2) is 60.8 Å². The van der Waals surface area contributed by atoms with Gasteiger partial charge in [0.05, 0.1) is 12.7 Å². The predicted molar refractivity (Wildman–Crippen MR) is 156 cm³/mol. The van der Waals surface area contributed by atoms with Gasteiger partial charge in [-0.05, 0) is 50.3 Å². The summed E-state index contributed by atoms with van der Waals surface area (Å²) in [6, 6.07) is 17.0. The maximum Gasteiger partial charge on any atom is 0.277 e. The molecule has 1 fully saturated rings. The van der Waals surface area contributed by atoms with E-state index in [0.29, 0.717) is 61.2 Å². The summed E-state index contributed by atoms with van der Waals surface area (Å²) in [5.74, 6) is 0.654. The molecular weight excluding hydrogens is 552 g/mol. The van der Waals surface area contributed by atoms with Gasteiger partial charge in [0.25, 0.3) is 16.1 Å². The Kier molecular flexibility index (Phi) is 9.96. The van der Waals surface area contributed by atoms with Crippen molar-refractivity contribution in [3.8, 4) is 5.75 Å². The number of hydrogen-bond donors (Lipinski definition) is 4. The Balaban J connectivity index is 1.32. The third-order valence-electron chi connectivity index (χ3n) is 7.20. The van der Waals surface area contributed by atoms with Crippen LogP contribution in [0.3, 0.4) is 0 Å². The summed E-state index contributed by atoms with van der Waals surface area (Å²) in [4.78, 5) is 21.3. The second kappa shape index (κ2) is 13.4. The fourth-order valence-corrected chi connectivity index (χ4v) is 6.21. The zero-order valence-electron chi connectivity index (χ0n) is 22.6. The van der Waals surface area contributed by atoms with E-state index in [1.165, 1.54) is 0 Å². The van der Waals surface area contributed by atoms with Gasteiger partial charge in [-0.2, -0.15) is 13.1 Å². The smallest absolute Gasteiger partial charge is 0.277 e. The van der Waals surface area contributed by atoms with E-state index in [4.69, 9.17) is 16.3 Å². The molecule has 0 saturated heterocycles. The highest BCUT2D eigenvalue weighted by Crippen LogP contribution is 2.39. The van der Waals surface area contributed by atoms with Gasteiger partial charge in [0, 0.05) is 42.9 Å². The van der Waals surface area contributed by atoms with Gasteiger partial charge >= 0.3 is 0 Å². The molecule has 2 aromatic carbocycles. The summed E-state index contributed by atoms with van der Waals surface area (Å²) in [6.45, 7) is 2.69. The number of halogens is 1. The van der Waals surface area contributed by atoms with Crippen molar-refractivity contribution in [3.63, 3.8) is 0 Å². The van der Waals surface area contributed by atoms with Crippen molar-refractivity contribution in [1.82, 2.24) is 24.7 Å². The molecule has 1 aromatic heterocycles. The Morgan fingerprint density at radius 1 is 1.07 bits per heavy atom. The molecule has 4 N–H and O–H groups in total. The van der Waals surface area contributed by atoms with E-state index in [1.807, 2.05) is 24.3 Å². The molecule has 12 heteroatoms. The molecule has 10 nitrogen and oxygen atoms in total. The van der Waals surface area contributed by atoms with E-state index in [0.717, 1.165) is 11.1 Å². The zero-order chi connectivity index (χ0) is 28.6. The number of carbonyl (C=O) groups excluding carboxylic acids is 1. The van der Waals surface area contributed by atoms with Crippen LogP contribution in [0, 0.1) is 6.92 Å². The lowest BCUT2D eigenvalue weighted by atomic mass is 9.68. The highest BCUT2D eigenvalue weighted by molar-refractivity contribution is 7.87. The van der Waals surface area contributed by atoms with Crippen LogP contribution in [0.2, 0.25) is 5.15 Å². The summed E-state index contributed by atoms with van der Waals surface area (Å²) < 4.78 is 36.1. The number of carbonyl (C=O) groups is 1. The third kappa shape index (κ3) is 7.69. The van der Waals surface area contributed by atoms with Crippen molar-refractivity contribution in [3.05, 3.63) is 82.6 Å². The molecule has 1 heterocycles. The number of benzene rings is 2. The van der Waals surface area contributed by atoms with Gasteiger partial charge in [0.15, 0.2) is 0 Å². The SMILES string of the molecule is COc1ccccc1C(=O)NCC1(c2ccccc2)CCC(NS(=O)(=O)NCCNc2ncc(C)c(Cl)n2)CC1. The molecule has 0 radical (unpaired) electrons. The fourth-order valence-electron chi connectivity index (χ4n) is 4.95. The third-order valence-corrected chi connectivity index (χ3v) is 8.81. The van der Waals surface area contributed by atoms with E-state index < -0.39 is 10.2 Å². The van der Waals surface area contributed by atoms with Crippen LogP contribution in [0.5, 0.6) is 5.75 Å². The number of ether oxygens (including phenoxy) is 1. The second-order valence-electron chi connectivity index (χ2n) is 9.91. The highest BCUT2D eigenvalue weighted by Gasteiger charge is 2.38. The molecular formula is C28H35ClN6O4S. The van der Waals surface area contributed by atoms with Crippen molar-refractivity contribution >= 4 is 33.7 Å². The summed E-state index contributed by atoms with van der Waals surface area (Å²) in [5, 5.41) is 6.41. The number of nitrogens with zero attached hydrogens (tertiary/aromatic N) is 2. The van der Waals surface area contributed by atoms with Crippen molar-refractivity contribution < 1.29 is 17.9 Å². The molecule has 3 aromatic rings. The topological polar surface area (TPSA) is 134 Å². The molecule has 0 unspecified atom stereocenters. The lowest BCUT2D eigenvalue weighted by molar-refractivity contribution is 0.0932. The van der Waals surface area contributed by atoms with Crippen molar-refractivity contribution in [2.75, 3.05) is 32.1 Å². The van der Waals surface area contributed by atoms with Gasteiger partial charge < -0.3 is 15.4 Å². The van der Waals surface area contributed by atoms with Crippen molar-refractivity contribution in [2.45, 2.75) is 44.1 Å². The lowest BCUT2D eigenvalue weighted by Gasteiger charge is -2.41. The summed E-state index contributed by atoms with van der Waals surface area (Å²) >= 11 is 6.00. The van der Waals surface area contributed by atoms with E-state index in [1.54, 1.807) is 38.4 Å². The molecule has 214 valence electrons. The molecule has 4 rings (SSSR count). The Morgan fingerprint density at radius 2 is 1.77 bits per heavy atom. The number of hydrogen-bond acceptors (Lipinski definition) is 7. The van der Waals surface area contributed by atoms with Gasteiger partial charge in [-0.15, -0.1) is 0 Å². The molecule has 40 heavy (non-hydrogen) atoms. The maximum atomic E-state index is 13.0. The molecule has 0 spiro atoms. The number of anilines is 1. The molecule has 0 aliphatic heterocycles. The van der Waals surface area contributed by atoms with Gasteiger partial charge in [0.1, 0.15) is 10.9 Å². The second-order valence-corrected chi connectivity index (χ2v) is 11.8. The summed E-state index contributed by atoms with van der Waals surface area (Å²) in [6.07, 6.45) is 4.29. The quantitative estimate of drug-likeness (QED) is 0.188. The van der Waals surface area contributed by atoms with Gasteiger partial charge in [-0.1, -0.05) is 54.1 Å². The highest BCUT2D eigenvalue weighted by atomic mass is 35.5. The van der Waals surface area contributed by atoms with E-state index in [-0.39, 0.29) is 23.9 Å². The number of aromatic nitrogens is 2. The lowest BCUT2D eigenvalue weighted by Crippen LogP contribution is -2.49. The first-order valence-corrected chi connectivity index (χ1v) is 15.0. The van der Waals surface area contributed by atoms with Crippen LogP contribution in [0.4, 0.5) is 5.95 Å². The molecule has 0 atom stereocenters. The number of para-hydroxylation sites is 1. The van der Waals surface area contributed by atoms with Crippen LogP contribution < -0.4 is 24.8 Å². The number of nitrogens with one attached hydrogen (secondary N) is 4. The minimum absolute atomic E-state index is 0.153. The first-order valence-electron chi connectivity index (χ1n) is 13.2. The van der Waals surface area contributed by atoms with Crippen LogP contribution in [0.1, 0.15) is 47.2 Å². The minimum Gasteiger partial charge on any atom is -0.496 e. The average molecular weight is 587 g/mol. The Bertz CT molecular complexity index is 1400. The van der Waals surface area contributed by atoms with Crippen LogP contribution >= 0.6 is 11.6 Å². The van der Waals surface area contributed by atoms with Crippen molar-refractivity contribution in [2.24, 2.45) is 0 Å². The monoisotopic (exact) mass is 586 g/mol. The predicted octanol–water partition coefficient (Wildman–Crippen LogP) is 3.59. The van der Waals surface area contributed by atoms with Crippen LogP contribution in [0.25, 0.3) is 0 Å². The number of rotatable bonds is 12. The van der Waals surface area contributed by atoms with Crippen molar-refractivity contribution in [1.29, 1.82) is 0 Å². The van der Waals surface area contributed by atoms with Gasteiger partial charge in [-0.3, -0.25) is 4.79 Å². The fraction of sp³-hybridized carbons (Fsp3) is 0.393. The molecule has 1 saturated carbocycles. The van der Waals surface area contributed by atoms with E-state index >= 15 is 0 Å². The molecule has 0 bridgehead atoms. The average Bonchev–Trinajstić information content (AvgIpc) is 2.97. The minimum atomic E-state index is -3.71. The summed E-state index contributed by atoms with van der Waals surface area (Å²) in [7, 11) is -2.17. The van der Waals surface area contributed by atoms with E-state index in [2.05, 4.69) is 42.2 Å². The molecule has 1 aliphatic carbocycles. The van der Waals surface area contributed by atoms with Crippen LogP contribution in [-0.2, 0) is 15.6 Å². The van der Waals surface area contributed by atoms with Gasteiger partial charge in [0.2, 0.25) is 5.95 Å². The molecule has 1 aliphatic rings. The number of aryl methyl sites for hydroxylation is 1. The number of methoxy groups -OCH3 is 1. The Labute approximate surface area is 240 Å². The largest absolute Gasteiger partial charge is 0.496 e. The maximum absolute atomic E-state index is 13.0. The standard InChI is InChI=1S/C28H35ClN6O4S/c1-20-18-31-27(34-25(20)29)30-16-17-33-40(37,38)35-22-12-14-28(15-13-22,21-8-4-3-5-9-21)19-32-26(36)23-10-6-7-11-24(23)39-2/h3-11,18,22,33,35H,12-17,19H2,1-2H3,(H,32,36)(H,30,31,34). The zero-order valence-corrected chi connectivity index (χ0v) is 24.2. The number of amides is 1. The normalized spacial score (nSPS) is 19.1. The first-order chi connectivity index (χ1) is 19.2. The Hall–Kier alpha value is -3.25. The molecule has 1 amide bonds. The van der Waals surface area contributed by atoms with E-state index in [9.17, 15) is 13.2 Å². The summed E-state index contributed by atoms with van der Waals surface area (Å²) in [5.41, 5.74) is 2.05. The van der Waals surface area contributed by atoms with Gasteiger partial charge in [-0.25, -0.2) is 14.7 Å². The van der Waals surface area contributed by atoms with Crippen LogP contribution in [-0.4, -0.2) is 57.1 Å². The Morgan fingerprint density at radius 3 is 2.48 bits per heavy atom.